The van der Waals surface area contributed by atoms with Gasteiger partial charge < -0.3 is 14.8 Å². The molecule has 5 nitrogen and oxygen atoms in total. The molecule has 1 aromatic heterocycles. The first-order chi connectivity index (χ1) is 16.5. The summed E-state index contributed by atoms with van der Waals surface area (Å²) in [6.07, 6.45) is 3.04. The van der Waals surface area contributed by atoms with Gasteiger partial charge >= 0.3 is 0 Å². The van der Waals surface area contributed by atoms with Gasteiger partial charge in [0.1, 0.15) is 0 Å². The maximum Gasteiger partial charge on any atom is 0.254 e. The van der Waals surface area contributed by atoms with Gasteiger partial charge in [0.25, 0.3) is 5.91 Å². The van der Waals surface area contributed by atoms with E-state index in [2.05, 4.69) is 59.4 Å². The van der Waals surface area contributed by atoms with E-state index in [1.807, 2.05) is 43.4 Å². The molecule has 4 aromatic rings. The van der Waals surface area contributed by atoms with Gasteiger partial charge in [0.15, 0.2) is 0 Å². The van der Waals surface area contributed by atoms with Crippen LogP contribution in [-0.2, 0) is 24.8 Å². The van der Waals surface area contributed by atoms with Crippen molar-refractivity contribution in [2.45, 2.75) is 31.8 Å². The molecule has 1 aliphatic heterocycles. The molecule has 2 heterocycles. The molecular weight excluding hydrogens is 422 g/mol. The maximum absolute atomic E-state index is 13.8. The van der Waals surface area contributed by atoms with Gasteiger partial charge in [0.05, 0.1) is 12.0 Å². The summed E-state index contributed by atoms with van der Waals surface area (Å²) in [5.74, 6) is -0.656. The largest absolute Gasteiger partial charge is 0.351 e. The van der Waals surface area contributed by atoms with E-state index in [-0.39, 0.29) is 11.8 Å². The molecule has 34 heavy (non-hydrogen) atoms. The molecule has 1 N–H and O–H groups in total. The van der Waals surface area contributed by atoms with Crippen molar-refractivity contribution in [3.63, 3.8) is 0 Å². The van der Waals surface area contributed by atoms with Crippen LogP contribution in [0.15, 0.2) is 79.0 Å². The average Bonchev–Trinajstić information content (AvgIpc) is 3.21. The normalized spacial score (nSPS) is 17.6. The number of nitrogens with one attached hydrogen (secondary N) is 1. The molecule has 0 aliphatic carbocycles. The van der Waals surface area contributed by atoms with Crippen molar-refractivity contribution < 1.29 is 9.59 Å². The van der Waals surface area contributed by atoms with Crippen molar-refractivity contribution in [1.29, 1.82) is 0 Å². The van der Waals surface area contributed by atoms with E-state index in [0.717, 1.165) is 34.0 Å². The van der Waals surface area contributed by atoms with Crippen LogP contribution in [0.3, 0.4) is 0 Å². The van der Waals surface area contributed by atoms with Crippen molar-refractivity contribution in [1.82, 2.24) is 14.8 Å². The molecule has 2 unspecified atom stereocenters. The lowest BCUT2D eigenvalue weighted by molar-refractivity contribution is -0.124. The van der Waals surface area contributed by atoms with E-state index in [0.29, 0.717) is 12.1 Å². The minimum absolute atomic E-state index is 0.0623. The SMILES string of the molecule is CCc1ccc(CNC(=O)C2c3ccccc3C(=O)N(C)C2c2cn(C)c3ccccc23)cc1. The third-order valence-electron chi connectivity index (χ3n) is 7.01. The average molecular weight is 452 g/mol. The second kappa shape index (κ2) is 8.82. The summed E-state index contributed by atoms with van der Waals surface area (Å²) in [6, 6.07) is 23.5. The van der Waals surface area contributed by atoms with Crippen molar-refractivity contribution >= 4 is 22.7 Å². The zero-order chi connectivity index (χ0) is 23.8. The van der Waals surface area contributed by atoms with Crippen LogP contribution in [0.5, 0.6) is 0 Å². The van der Waals surface area contributed by atoms with Gasteiger partial charge in [-0.15, -0.1) is 0 Å². The summed E-state index contributed by atoms with van der Waals surface area (Å²) < 4.78 is 2.06. The standard InChI is InChI=1S/C29H29N3O2/c1-4-19-13-15-20(16-14-19)17-30-28(33)26-22-10-5-6-11-23(22)29(34)32(3)27(26)24-18-31(2)25-12-8-7-9-21(24)25/h5-16,18,26-27H,4,17H2,1-3H3,(H,30,33). The van der Waals surface area contributed by atoms with E-state index in [1.165, 1.54) is 5.56 Å². The van der Waals surface area contributed by atoms with Crippen molar-refractivity contribution in [3.05, 3.63) is 107 Å². The fraction of sp³-hybridized carbons (Fsp3) is 0.241. The van der Waals surface area contributed by atoms with Gasteiger partial charge in [-0.1, -0.05) is 67.6 Å². The Morgan fingerprint density at radius 3 is 2.32 bits per heavy atom. The number of aromatic nitrogens is 1. The molecule has 2 atom stereocenters. The van der Waals surface area contributed by atoms with Crippen LogP contribution in [0.4, 0.5) is 0 Å². The summed E-state index contributed by atoms with van der Waals surface area (Å²) in [5, 5.41) is 4.21. The summed E-state index contributed by atoms with van der Waals surface area (Å²) >= 11 is 0. The predicted octanol–water partition coefficient (Wildman–Crippen LogP) is 4.97. The number of rotatable bonds is 5. The molecule has 172 valence electrons. The number of carbonyl (C=O) groups excluding carboxylic acids is 2. The van der Waals surface area contributed by atoms with E-state index >= 15 is 0 Å². The van der Waals surface area contributed by atoms with Gasteiger partial charge in [0, 0.05) is 48.9 Å². The number of hydrogen-bond donors (Lipinski definition) is 1. The Hall–Kier alpha value is -3.86. The zero-order valence-electron chi connectivity index (χ0n) is 19.8. The quantitative estimate of drug-likeness (QED) is 0.466. The Bertz CT molecular complexity index is 1370. The van der Waals surface area contributed by atoms with Crippen LogP contribution in [0.25, 0.3) is 10.9 Å². The number of para-hydroxylation sites is 1. The van der Waals surface area contributed by atoms with E-state index < -0.39 is 12.0 Å². The molecule has 3 aromatic carbocycles. The highest BCUT2D eigenvalue weighted by atomic mass is 16.2. The van der Waals surface area contributed by atoms with Crippen LogP contribution in [0, 0.1) is 0 Å². The Balaban J connectivity index is 1.56. The Morgan fingerprint density at radius 1 is 0.882 bits per heavy atom. The van der Waals surface area contributed by atoms with Gasteiger partial charge in [-0.05, 0) is 35.2 Å². The van der Waals surface area contributed by atoms with Gasteiger partial charge in [0.2, 0.25) is 5.91 Å². The molecule has 0 saturated heterocycles. The second-order valence-corrected chi connectivity index (χ2v) is 9.03. The summed E-state index contributed by atoms with van der Waals surface area (Å²) in [5.41, 5.74) is 5.76. The highest BCUT2D eigenvalue weighted by molar-refractivity contribution is 6.02. The van der Waals surface area contributed by atoms with Gasteiger partial charge in [-0.2, -0.15) is 0 Å². The third kappa shape index (κ3) is 3.67. The Labute approximate surface area is 200 Å². The fourth-order valence-electron chi connectivity index (χ4n) is 5.15. The van der Waals surface area contributed by atoms with Crippen LogP contribution in [0.1, 0.15) is 51.5 Å². The number of aryl methyl sites for hydroxylation is 2. The molecule has 0 bridgehead atoms. The lowest BCUT2D eigenvalue weighted by Gasteiger charge is -2.39. The number of carbonyl (C=O) groups is 2. The number of benzene rings is 3. The number of nitrogens with zero attached hydrogens (tertiary/aromatic N) is 2. The number of amides is 2. The number of fused-ring (bicyclic) bond motifs is 2. The van der Waals surface area contributed by atoms with Crippen LogP contribution in [-0.4, -0.2) is 28.3 Å². The number of hydrogen-bond acceptors (Lipinski definition) is 2. The number of likely N-dealkylation sites (N-methyl/N-ethyl adjacent to an activating group) is 1. The molecular formula is C29H29N3O2. The second-order valence-electron chi connectivity index (χ2n) is 9.03. The molecule has 0 spiro atoms. The Morgan fingerprint density at radius 2 is 1.56 bits per heavy atom. The highest BCUT2D eigenvalue weighted by Crippen LogP contribution is 2.44. The van der Waals surface area contributed by atoms with E-state index in [1.54, 1.807) is 11.9 Å². The predicted molar refractivity (Wildman–Crippen MR) is 135 cm³/mol. The highest BCUT2D eigenvalue weighted by Gasteiger charge is 2.43. The van der Waals surface area contributed by atoms with Crippen LogP contribution in [0.2, 0.25) is 0 Å². The monoisotopic (exact) mass is 451 g/mol. The first kappa shape index (κ1) is 22.0. The molecule has 1 aliphatic rings. The van der Waals surface area contributed by atoms with Crippen LogP contribution < -0.4 is 5.32 Å². The minimum atomic E-state index is -0.514. The molecule has 2 amide bonds. The zero-order valence-corrected chi connectivity index (χ0v) is 19.8. The summed E-state index contributed by atoms with van der Waals surface area (Å²) in [4.78, 5) is 28.8. The smallest absolute Gasteiger partial charge is 0.254 e. The van der Waals surface area contributed by atoms with Crippen molar-refractivity contribution in [3.8, 4) is 0 Å². The summed E-state index contributed by atoms with van der Waals surface area (Å²) in [6.45, 7) is 2.57. The minimum Gasteiger partial charge on any atom is -0.351 e. The molecule has 0 fully saturated rings. The lowest BCUT2D eigenvalue weighted by atomic mass is 9.79. The van der Waals surface area contributed by atoms with Crippen LogP contribution >= 0.6 is 0 Å². The fourth-order valence-corrected chi connectivity index (χ4v) is 5.15. The summed E-state index contributed by atoms with van der Waals surface area (Å²) in [7, 11) is 3.80. The molecule has 5 rings (SSSR count). The Kier molecular flexibility index (Phi) is 5.70. The molecule has 5 heteroatoms. The maximum atomic E-state index is 13.8. The first-order valence-electron chi connectivity index (χ1n) is 11.7. The van der Waals surface area contributed by atoms with E-state index in [4.69, 9.17) is 0 Å². The topological polar surface area (TPSA) is 54.3 Å². The van der Waals surface area contributed by atoms with Gasteiger partial charge in [-0.3, -0.25) is 9.59 Å². The van der Waals surface area contributed by atoms with Gasteiger partial charge in [-0.25, -0.2) is 0 Å². The van der Waals surface area contributed by atoms with E-state index in [9.17, 15) is 9.59 Å². The first-order valence-corrected chi connectivity index (χ1v) is 11.7. The lowest BCUT2D eigenvalue weighted by Crippen LogP contribution is -2.45. The van der Waals surface area contributed by atoms with Crippen molar-refractivity contribution in [2.24, 2.45) is 7.05 Å². The molecule has 0 saturated carbocycles. The molecule has 0 radical (unpaired) electrons. The van der Waals surface area contributed by atoms with Crippen molar-refractivity contribution in [2.75, 3.05) is 7.05 Å². The third-order valence-corrected chi connectivity index (χ3v) is 7.01.